The van der Waals surface area contributed by atoms with E-state index in [4.69, 9.17) is 0 Å². The van der Waals surface area contributed by atoms with Crippen LogP contribution in [0.1, 0.15) is 19.8 Å². The van der Waals surface area contributed by atoms with E-state index in [0.717, 1.165) is 23.5 Å². The van der Waals surface area contributed by atoms with E-state index >= 15 is 0 Å². The molecule has 0 aliphatic carbocycles. The van der Waals surface area contributed by atoms with Crippen molar-refractivity contribution in [1.29, 1.82) is 0 Å². The van der Waals surface area contributed by atoms with Gasteiger partial charge in [0.05, 0.1) is 6.16 Å². The molecule has 1 N–H and O–H groups in total. The van der Waals surface area contributed by atoms with Gasteiger partial charge in [-0.25, -0.2) is 0 Å². The van der Waals surface area contributed by atoms with Crippen molar-refractivity contribution in [2.45, 2.75) is 19.8 Å². The van der Waals surface area contributed by atoms with Gasteiger partial charge in [-0.2, -0.15) is 0 Å². The highest BCUT2D eigenvalue weighted by atomic mass is 31.2. The van der Waals surface area contributed by atoms with Crippen LogP contribution < -0.4 is 15.9 Å². The summed E-state index contributed by atoms with van der Waals surface area (Å²) in [5, 5.41) is 4.32. The fourth-order valence-corrected chi connectivity index (χ4v) is 4.82. The highest BCUT2D eigenvalue weighted by Gasteiger charge is 2.29. The molecule has 0 fully saturated rings. The molecule has 0 spiro atoms. The highest BCUT2D eigenvalue weighted by Crippen LogP contribution is 2.42. The van der Waals surface area contributed by atoms with Crippen molar-refractivity contribution in [3.05, 3.63) is 60.7 Å². The third-order valence-electron chi connectivity index (χ3n) is 3.57. The summed E-state index contributed by atoms with van der Waals surface area (Å²) in [5.41, 5.74) is 0. The first-order valence-corrected chi connectivity index (χ1v) is 9.53. The Balaban J connectivity index is 2.27. The number of benzene rings is 2. The predicted octanol–water partition coefficient (Wildman–Crippen LogP) is 2.92. The summed E-state index contributed by atoms with van der Waals surface area (Å²) in [5.74, 6) is -0.149. The van der Waals surface area contributed by atoms with Crippen molar-refractivity contribution >= 4 is 23.7 Å². The van der Waals surface area contributed by atoms with Crippen LogP contribution in [-0.4, -0.2) is 18.6 Å². The van der Waals surface area contributed by atoms with Crippen LogP contribution in [0.3, 0.4) is 0 Å². The number of hydrogen-bond donors (Lipinski definition) is 1. The number of carbonyl (C=O) groups excluding carboxylic acids is 1. The lowest BCUT2D eigenvalue weighted by Gasteiger charge is -2.19. The van der Waals surface area contributed by atoms with E-state index < -0.39 is 7.14 Å². The molecule has 0 aromatic heterocycles. The summed E-state index contributed by atoms with van der Waals surface area (Å²) >= 11 is 0. The van der Waals surface area contributed by atoms with E-state index in [1.54, 1.807) is 0 Å². The van der Waals surface area contributed by atoms with Gasteiger partial charge in [0.25, 0.3) is 0 Å². The second-order valence-corrected chi connectivity index (χ2v) is 8.10. The maximum absolute atomic E-state index is 13.6. The number of hydrogen-bond acceptors (Lipinski definition) is 2. The number of nitrogens with one attached hydrogen (secondary N) is 1. The van der Waals surface area contributed by atoms with Gasteiger partial charge in [0.1, 0.15) is 0 Å². The fourth-order valence-electron chi connectivity index (χ4n) is 2.33. The molecule has 0 saturated carbocycles. The molecule has 4 heteroatoms. The number of unbranched alkanes of at least 4 members (excludes halogenated alkanes) is 1. The zero-order chi connectivity index (χ0) is 15.8. The average molecular weight is 315 g/mol. The van der Waals surface area contributed by atoms with Gasteiger partial charge in [0.15, 0.2) is 7.14 Å². The van der Waals surface area contributed by atoms with Crippen LogP contribution in [-0.2, 0) is 9.36 Å². The van der Waals surface area contributed by atoms with E-state index in [1.807, 2.05) is 60.7 Å². The first-order chi connectivity index (χ1) is 10.7. The summed E-state index contributed by atoms with van der Waals surface area (Å²) in [4.78, 5) is 12.2. The molecule has 0 atom stereocenters. The number of carbonyl (C=O) groups is 1. The van der Waals surface area contributed by atoms with Crippen molar-refractivity contribution < 1.29 is 9.36 Å². The molecule has 0 aliphatic heterocycles. The zero-order valence-corrected chi connectivity index (χ0v) is 13.8. The maximum atomic E-state index is 13.6. The second kappa shape index (κ2) is 7.95. The van der Waals surface area contributed by atoms with Gasteiger partial charge in [0.2, 0.25) is 5.91 Å². The van der Waals surface area contributed by atoms with E-state index in [9.17, 15) is 9.36 Å². The first kappa shape index (κ1) is 16.5. The van der Waals surface area contributed by atoms with E-state index in [-0.39, 0.29) is 12.1 Å². The minimum Gasteiger partial charge on any atom is -0.356 e. The largest absolute Gasteiger partial charge is 0.356 e. The molecule has 22 heavy (non-hydrogen) atoms. The SMILES string of the molecule is CCCCNC(=O)CP(=O)(c1ccccc1)c1ccccc1. The molecular weight excluding hydrogens is 293 g/mol. The monoisotopic (exact) mass is 315 g/mol. The van der Waals surface area contributed by atoms with Gasteiger partial charge in [-0.3, -0.25) is 4.79 Å². The molecule has 0 heterocycles. The van der Waals surface area contributed by atoms with Crippen LogP contribution in [0.2, 0.25) is 0 Å². The second-order valence-electron chi connectivity index (χ2n) is 5.27. The van der Waals surface area contributed by atoms with Crippen molar-refractivity contribution in [2.75, 3.05) is 12.7 Å². The van der Waals surface area contributed by atoms with Crippen LogP contribution in [0.15, 0.2) is 60.7 Å². The standard InChI is InChI=1S/C18H22NO2P/c1-2-3-14-19-18(20)15-22(21,16-10-6-4-7-11-16)17-12-8-5-9-13-17/h4-13H,2-3,14-15H2,1H3,(H,19,20). The molecule has 2 aromatic rings. The maximum Gasteiger partial charge on any atom is 0.228 e. The Bertz CT molecular complexity index is 597. The van der Waals surface area contributed by atoms with E-state index in [0.29, 0.717) is 6.54 Å². The number of rotatable bonds is 7. The lowest BCUT2D eigenvalue weighted by Crippen LogP contribution is -2.31. The molecule has 0 bridgehead atoms. The molecule has 2 aromatic carbocycles. The first-order valence-electron chi connectivity index (χ1n) is 7.64. The average Bonchev–Trinajstić information content (AvgIpc) is 2.56. The highest BCUT2D eigenvalue weighted by molar-refractivity contribution is 7.79. The van der Waals surface area contributed by atoms with Crippen molar-refractivity contribution in [1.82, 2.24) is 5.32 Å². The third kappa shape index (κ3) is 4.08. The molecule has 0 saturated heterocycles. The molecular formula is C18H22NO2P. The fraction of sp³-hybridized carbons (Fsp3) is 0.278. The van der Waals surface area contributed by atoms with Gasteiger partial charge in [-0.1, -0.05) is 74.0 Å². The Labute approximate surface area is 132 Å². The van der Waals surface area contributed by atoms with Gasteiger partial charge < -0.3 is 9.88 Å². The summed E-state index contributed by atoms with van der Waals surface area (Å²) < 4.78 is 13.6. The van der Waals surface area contributed by atoms with Crippen LogP contribution in [0.4, 0.5) is 0 Å². The predicted molar refractivity (Wildman–Crippen MR) is 92.5 cm³/mol. The van der Waals surface area contributed by atoms with Gasteiger partial charge in [-0.15, -0.1) is 0 Å². The summed E-state index contributed by atoms with van der Waals surface area (Å²) in [6.07, 6.45) is 1.98. The molecule has 3 nitrogen and oxygen atoms in total. The minimum atomic E-state index is -2.94. The Kier molecular flexibility index (Phi) is 5.97. The Morgan fingerprint density at radius 2 is 1.45 bits per heavy atom. The summed E-state index contributed by atoms with van der Waals surface area (Å²) in [6.45, 7) is 2.71. The molecule has 0 unspecified atom stereocenters. The normalized spacial score (nSPS) is 11.1. The number of amides is 1. The topological polar surface area (TPSA) is 46.2 Å². The smallest absolute Gasteiger partial charge is 0.228 e. The van der Waals surface area contributed by atoms with Crippen LogP contribution >= 0.6 is 7.14 Å². The van der Waals surface area contributed by atoms with Crippen molar-refractivity contribution in [3.8, 4) is 0 Å². The molecule has 0 radical (unpaired) electrons. The van der Waals surface area contributed by atoms with Gasteiger partial charge in [0, 0.05) is 17.2 Å². The third-order valence-corrected chi connectivity index (χ3v) is 6.56. The summed E-state index contributed by atoms with van der Waals surface area (Å²) in [6, 6.07) is 18.6. The van der Waals surface area contributed by atoms with Crippen molar-refractivity contribution in [3.63, 3.8) is 0 Å². The van der Waals surface area contributed by atoms with Crippen LogP contribution in [0, 0.1) is 0 Å². The molecule has 0 aliphatic rings. The van der Waals surface area contributed by atoms with E-state index in [1.165, 1.54) is 0 Å². The minimum absolute atomic E-state index is 0.0186. The Morgan fingerprint density at radius 3 is 1.91 bits per heavy atom. The van der Waals surface area contributed by atoms with E-state index in [2.05, 4.69) is 12.2 Å². The molecule has 116 valence electrons. The zero-order valence-electron chi connectivity index (χ0n) is 12.9. The Hall–Kier alpha value is -1.86. The van der Waals surface area contributed by atoms with Crippen molar-refractivity contribution in [2.24, 2.45) is 0 Å². The van der Waals surface area contributed by atoms with Gasteiger partial charge in [-0.05, 0) is 6.42 Å². The molecule has 1 amide bonds. The lowest BCUT2D eigenvalue weighted by molar-refractivity contribution is -0.118. The van der Waals surface area contributed by atoms with Crippen LogP contribution in [0.5, 0.6) is 0 Å². The quantitative estimate of drug-likeness (QED) is 0.631. The van der Waals surface area contributed by atoms with Gasteiger partial charge >= 0.3 is 0 Å². The summed E-state index contributed by atoms with van der Waals surface area (Å²) in [7, 11) is -2.94. The van der Waals surface area contributed by atoms with Crippen LogP contribution in [0.25, 0.3) is 0 Å². The lowest BCUT2D eigenvalue weighted by atomic mass is 10.3. The Morgan fingerprint density at radius 1 is 0.955 bits per heavy atom. The molecule has 2 rings (SSSR count).